The number of ether oxygens (including phenoxy) is 1. The number of halogens is 1. The Morgan fingerprint density at radius 3 is 2.73 bits per heavy atom. The van der Waals surface area contributed by atoms with Crippen LogP contribution in [0.1, 0.15) is 33.7 Å². The Morgan fingerprint density at radius 1 is 1.23 bits per heavy atom. The lowest BCUT2D eigenvalue weighted by Crippen LogP contribution is -2.10. The van der Waals surface area contributed by atoms with Gasteiger partial charge < -0.3 is 14.1 Å². The second-order valence-electron chi connectivity index (χ2n) is 6.45. The Morgan fingerprint density at radius 2 is 2.00 bits per heavy atom. The first kappa shape index (κ1) is 19.8. The molecule has 152 valence electrons. The summed E-state index contributed by atoms with van der Waals surface area (Å²) >= 11 is 1.13. The van der Waals surface area contributed by atoms with Crippen LogP contribution in [0, 0.1) is 12.7 Å². The number of esters is 1. The second kappa shape index (κ2) is 8.08. The molecule has 0 unspecified atom stereocenters. The Labute approximate surface area is 174 Å². The van der Waals surface area contributed by atoms with Gasteiger partial charge in [0.25, 0.3) is 5.56 Å². The zero-order valence-electron chi connectivity index (χ0n) is 16.2. The van der Waals surface area contributed by atoms with E-state index >= 15 is 0 Å². The monoisotopic (exact) mass is 424 g/mol. The Hall–Kier alpha value is -3.52. The predicted molar refractivity (Wildman–Crippen MR) is 114 cm³/mol. The van der Waals surface area contributed by atoms with Gasteiger partial charge in [-0.25, -0.2) is 14.2 Å². The van der Waals surface area contributed by atoms with Crippen LogP contribution in [0.4, 0.5) is 4.39 Å². The van der Waals surface area contributed by atoms with Gasteiger partial charge in [-0.15, -0.1) is 11.3 Å². The van der Waals surface area contributed by atoms with Gasteiger partial charge in [0, 0.05) is 5.56 Å². The highest BCUT2D eigenvalue weighted by molar-refractivity contribution is 7.20. The number of nitrogens with one attached hydrogen (secondary N) is 1. The largest absolute Gasteiger partial charge is 0.462 e. The fourth-order valence-corrected chi connectivity index (χ4v) is 4.09. The molecule has 0 aliphatic carbocycles. The van der Waals surface area contributed by atoms with Crippen LogP contribution in [-0.2, 0) is 4.74 Å². The lowest BCUT2D eigenvalue weighted by atomic mass is 10.2. The van der Waals surface area contributed by atoms with Gasteiger partial charge in [0.05, 0.1) is 12.0 Å². The average Bonchev–Trinajstić information content (AvgIpc) is 3.32. The van der Waals surface area contributed by atoms with E-state index in [1.807, 2.05) is 0 Å². The van der Waals surface area contributed by atoms with Crippen molar-refractivity contribution in [3.05, 3.63) is 74.6 Å². The number of carbonyl (C=O) groups is 1. The van der Waals surface area contributed by atoms with Gasteiger partial charge >= 0.3 is 5.97 Å². The molecule has 0 atom stereocenters. The number of rotatable bonds is 5. The van der Waals surface area contributed by atoms with Crippen molar-refractivity contribution in [2.24, 2.45) is 0 Å². The van der Waals surface area contributed by atoms with Crippen molar-refractivity contribution >= 4 is 39.7 Å². The van der Waals surface area contributed by atoms with Crippen LogP contribution in [0.3, 0.4) is 0 Å². The molecular weight excluding hydrogens is 407 g/mol. The van der Waals surface area contributed by atoms with Gasteiger partial charge in [-0.1, -0.05) is 0 Å². The second-order valence-corrected chi connectivity index (χ2v) is 7.45. The molecular formula is C22H17FN2O4S. The van der Waals surface area contributed by atoms with E-state index in [1.165, 1.54) is 12.1 Å². The number of hydrogen-bond donors (Lipinski definition) is 1. The molecule has 0 fully saturated rings. The quantitative estimate of drug-likeness (QED) is 0.454. The van der Waals surface area contributed by atoms with Crippen molar-refractivity contribution in [2.45, 2.75) is 13.8 Å². The SMILES string of the molecule is CCOC(=O)c1sc2nc(/C=C/c3ccc(-c4ccc(F)cc4)o3)[nH]c(=O)c2c1C. The van der Waals surface area contributed by atoms with Crippen molar-refractivity contribution in [1.82, 2.24) is 9.97 Å². The van der Waals surface area contributed by atoms with Crippen LogP contribution in [0.15, 0.2) is 45.6 Å². The number of fused-ring (bicyclic) bond motifs is 1. The lowest BCUT2D eigenvalue weighted by molar-refractivity contribution is 0.0531. The molecule has 0 saturated carbocycles. The van der Waals surface area contributed by atoms with Crippen molar-refractivity contribution in [3.63, 3.8) is 0 Å². The first-order chi connectivity index (χ1) is 14.5. The van der Waals surface area contributed by atoms with E-state index in [-0.39, 0.29) is 18.0 Å². The van der Waals surface area contributed by atoms with Crippen molar-refractivity contribution in [3.8, 4) is 11.3 Å². The summed E-state index contributed by atoms with van der Waals surface area (Å²) in [5, 5.41) is 0.386. The highest BCUT2D eigenvalue weighted by Gasteiger charge is 2.19. The Bertz CT molecular complexity index is 1320. The molecule has 4 aromatic rings. The fourth-order valence-electron chi connectivity index (χ4n) is 3.00. The highest BCUT2D eigenvalue weighted by atomic mass is 32.1. The summed E-state index contributed by atoms with van der Waals surface area (Å²) in [5.74, 6) is 0.708. The maximum Gasteiger partial charge on any atom is 0.348 e. The minimum Gasteiger partial charge on any atom is -0.462 e. The summed E-state index contributed by atoms with van der Waals surface area (Å²) in [7, 11) is 0. The summed E-state index contributed by atoms with van der Waals surface area (Å²) < 4.78 is 23.9. The van der Waals surface area contributed by atoms with Crippen molar-refractivity contribution < 1.29 is 18.3 Å². The van der Waals surface area contributed by atoms with Crippen LogP contribution in [0.2, 0.25) is 0 Å². The maximum absolute atomic E-state index is 13.1. The number of aromatic amines is 1. The molecule has 0 amide bonds. The molecule has 0 radical (unpaired) electrons. The molecule has 0 saturated heterocycles. The fraction of sp³-hybridized carbons (Fsp3) is 0.136. The molecule has 30 heavy (non-hydrogen) atoms. The van der Waals surface area contributed by atoms with E-state index in [9.17, 15) is 14.0 Å². The minimum absolute atomic E-state index is 0.257. The van der Waals surface area contributed by atoms with Crippen LogP contribution in [-0.4, -0.2) is 22.5 Å². The third-order valence-electron chi connectivity index (χ3n) is 4.44. The third-order valence-corrected chi connectivity index (χ3v) is 5.61. The van der Waals surface area contributed by atoms with Crippen LogP contribution < -0.4 is 5.56 Å². The lowest BCUT2D eigenvalue weighted by Gasteiger charge is -1.98. The van der Waals surface area contributed by atoms with E-state index in [4.69, 9.17) is 9.15 Å². The number of H-pyrrole nitrogens is 1. The number of aromatic nitrogens is 2. The maximum atomic E-state index is 13.1. The molecule has 0 bridgehead atoms. The topological polar surface area (TPSA) is 85.2 Å². The summed E-state index contributed by atoms with van der Waals surface area (Å²) in [6.07, 6.45) is 3.29. The van der Waals surface area contributed by atoms with E-state index in [0.717, 1.165) is 16.9 Å². The number of aryl methyl sites for hydroxylation is 1. The van der Waals surface area contributed by atoms with E-state index in [0.29, 0.717) is 38.0 Å². The van der Waals surface area contributed by atoms with E-state index in [2.05, 4.69) is 9.97 Å². The molecule has 0 aliphatic heterocycles. The number of thiophene rings is 1. The standard InChI is InChI=1S/C22H17FN2O4S/c1-3-28-22(27)19-12(2)18-20(26)24-17(25-21(18)30-19)11-9-15-8-10-16(29-15)13-4-6-14(23)7-5-13/h4-11H,3H2,1-2H3,(H,24,25,26)/b11-9+. The highest BCUT2D eigenvalue weighted by Crippen LogP contribution is 2.28. The normalized spacial score (nSPS) is 11.4. The van der Waals surface area contributed by atoms with Crippen molar-refractivity contribution in [1.29, 1.82) is 0 Å². The van der Waals surface area contributed by atoms with E-state index in [1.54, 1.807) is 50.3 Å². The van der Waals surface area contributed by atoms with Crippen molar-refractivity contribution in [2.75, 3.05) is 6.61 Å². The van der Waals surface area contributed by atoms with Gasteiger partial charge in [0.2, 0.25) is 0 Å². The number of benzene rings is 1. The molecule has 6 nitrogen and oxygen atoms in total. The zero-order chi connectivity index (χ0) is 21.3. The molecule has 3 heterocycles. The summed E-state index contributed by atoms with van der Waals surface area (Å²) in [4.78, 5) is 32.6. The molecule has 3 aromatic heterocycles. The van der Waals surface area contributed by atoms with Gasteiger partial charge in [0.15, 0.2) is 0 Å². The van der Waals surface area contributed by atoms with Crippen LogP contribution >= 0.6 is 11.3 Å². The Balaban J connectivity index is 1.62. The van der Waals surface area contributed by atoms with Gasteiger partial charge in [-0.2, -0.15) is 0 Å². The molecule has 1 aromatic carbocycles. The number of furan rings is 1. The summed E-state index contributed by atoms with van der Waals surface area (Å²) in [6.45, 7) is 3.69. The Kier molecular flexibility index (Phi) is 5.33. The average molecular weight is 424 g/mol. The molecule has 0 aliphatic rings. The first-order valence-corrected chi connectivity index (χ1v) is 10.0. The molecule has 1 N–H and O–H groups in total. The molecule has 4 rings (SSSR count). The minimum atomic E-state index is -0.460. The van der Waals surface area contributed by atoms with Gasteiger partial charge in [0.1, 0.15) is 32.9 Å². The molecule has 8 heteroatoms. The number of hydrogen-bond acceptors (Lipinski definition) is 6. The zero-order valence-corrected chi connectivity index (χ0v) is 17.0. The summed E-state index contributed by atoms with van der Waals surface area (Å²) in [5.41, 5.74) is 0.993. The van der Waals surface area contributed by atoms with Crippen LogP contribution in [0.25, 0.3) is 33.7 Å². The predicted octanol–water partition coefficient (Wildman–Crippen LogP) is 5.04. The summed E-state index contributed by atoms with van der Waals surface area (Å²) in [6, 6.07) is 9.54. The van der Waals surface area contributed by atoms with E-state index < -0.39 is 5.97 Å². The number of carbonyl (C=O) groups excluding carboxylic acids is 1. The number of nitrogens with zero attached hydrogens (tertiary/aromatic N) is 1. The third kappa shape index (κ3) is 3.81. The first-order valence-electron chi connectivity index (χ1n) is 9.20. The smallest absolute Gasteiger partial charge is 0.348 e. The van der Waals surface area contributed by atoms with Crippen LogP contribution in [0.5, 0.6) is 0 Å². The molecule has 0 spiro atoms. The van der Waals surface area contributed by atoms with Gasteiger partial charge in [-0.3, -0.25) is 4.79 Å². The van der Waals surface area contributed by atoms with Gasteiger partial charge in [-0.05, 0) is 68.0 Å².